The van der Waals surface area contributed by atoms with Gasteiger partial charge in [0.15, 0.2) is 0 Å². The molecule has 8 nitrogen and oxygen atoms in total. The molecule has 0 radical (unpaired) electrons. The van der Waals surface area contributed by atoms with E-state index in [-0.39, 0.29) is 24.5 Å². The zero-order chi connectivity index (χ0) is 24.0. The maximum Gasteiger partial charge on any atom is 0.305 e. The molecule has 0 aliphatic carbocycles. The number of hydrogen-bond acceptors (Lipinski definition) is 7. The van der Waals surface area contributed by atoms with Crippen LogP contribution in [0.3, 0.4) is 0 Å². The number of carbonyl (C=O) groups is 2. The van der Waals surface area contributed by atoms with E-state index in [1.165, 1.54) is 22.5 Å². The van der Waals surface area contributed by atoms with Gasteiger partial charge in [0.25, 0.3) is 5.91 Å². The number of thiazole rings is 1. The van der Waals surface area contributed by atoms with Crippen LogP contribution < -0.4 is 0 Å². The van der Waals surface area contributed by atoms with Gasteiger partial charge >= 0.3 is 5.97 Å². The predicted molar refractivity (Wildman–Crippen MR) is 129 cm³/mol. The third kappa shape index (κ3) is 6.63. The van der Waals surface area contributed by atoms with Gasteiger partial charge in [0, 0.05) is 31.6 Å². The van der Waals surface area contributed by atoms with E-state index in [1.54, 1.807) is 0 Å². The molecule has 0 unspecified atom stereocenters. The van der Waals surface area contributed by atoms with Crippen LogP contribution in [-0.2, 0) is 27.2 Å². The van der Waals surface area contributed by atoms with Crippen LogP contribution in [0.1, 0.15) is 45.9 Å². The summed E-state index contributed by atoms with van der Waals surface area (Å²) in [5.41, 5.74) is 2.75. The Bertz CT molecular complexity index is 986. The molecule has 0 atom stereocenters. The maximum absolute atomic E-state index is 12.9. The van der Waals surface area contributed by atoms with E-state index < -0.39 is 5.97 Å². The van der Waals surface area contributed by atoms with Gasteiger partial charge in [0.05, 0.1) is 43.4 Å². The number of rotatable bonds is 9. The zero-order valence-corrected chi connectivity index (χ0v) is 20.5. The predicted octanol–water partition coefficient (Wildman–Crippen LogP) is 2.99. The molecule has 1 N–H and O–H groups in total. The number of ether oxygens (including phenoxy) is 2. The van der Waals surface area contributed by atoms with Gasteiger partial charge < -0.3 is 19.5 Å². The second kappa shape index (κ2) is 11.4. The average Bonchev–Trinajstić information content (AvgIpc) is 3.26. The van der Waals surface area contributed by atoms with E-state index >= 15 is 0 Å². The summed E-state index contributed by atoms with van der Waals surface area (Å²) in [6.45, 7) is 7.26. The van der Waals surface area contributed by atoms with Gasteiger partial charge in [-0.1, -0.05) is 24.3 Å². The van der Waals surface area contributed by atoms with Crippen molar-refractivity contribution < 1.29 is 24.2 Å². The smallest absolute Gasteiger partial charge is 0.305 e. The summed E-state index contributed by atoms with van der Waals surface area (Å²) in [6.07, 6.45) is 2.62. The highest BCUT2D eigenvalue weighted by Gasteiger charge is 2.41. The molecular formula is C25H33N3O5S. The largest absolute Gasteiger partial charge is 0.481 e. The van der Waals surface area contributed by atoms with Crippen molar-refractivity contribution in [2.24, 2.45) is 0 Å². The minimum atomic E-state index is -0.835. The summed E-state index contributed by atoms with van der Waals surface area (Å²) in [5.74, 6) is -0.823. The Morgan fingerprint density at radius 2 is 2.00 bits per heavy atom. The van der Waals surface area contributed by atoms with E-state index in [4.69, 9.17) is 14.6 Å². The first kappa shape index (κ1) is 24.8. The molecule has 0 saturated carbocycles. The summed E-state index contributed by atoms with van der Waals surface area (Å²) >= 11 is 1.51. The lowest BCUT2D eigenvalue weighted by Crippen LogP contribution is -2.58. The number of carboxylic acids is 1. The Labute approximate surface area is 204 Å². The van der Waals surface area contributed by atoms with Gasteiger partial charge in [0.2, 0.25) is 0 Å². The molecule has 2 aliphatic heterocycles. The summed E-state index contributed by atoms with van der Waals surface area (Å²) in [6, 6.07) is 8.51. The SMILES string of the molecule is Cc1nc(C(=O)N2CCOC3(CCN(Cc4cccc(CCOCCC(=O)O)c4)CC3)C2)cs1. The molecule has 2 fully saturated rings. The first-order valence-electron chi connectivity index (χ1n) is 11.9. The lowest BCUT2D eigenvalue weighted by atomic mass is 9.89. The number of amides is 1. The van der Waals surface area contributed by atoms with E-state index in [0.29, 0.717) is 32.0 Å². The Balaban J connectivity index is 1.25. The van der Waals surface area contributed by atoms with Crippen molar-refractivity contribution in [3.63, 3.8) is 0 Å². The lowest BCUT2D eigenvalue weighted by Gasteiger charge is -2.47. The lowest BCUT2D eigenvalue weighted by molar-refractivity contribution is -0.138. The summed E-state index contributed by atoms with van der Waals surface area (Å²) in [4.78, 5) is 32.2. The van der Waals surface area contributed by atoms with Crippen molar-refractivity contribution in [2.75, 3.05) is 46.0 Å². The normalized spacial score (nSPS) is 18.3. The van der Waals surface area contributed by atoms with E-state index in [0.717, 1.165) is 43.9 Å². The number of aromatic nitrogens is 1. The van der Waals surface area contributed by atoms with Crippen LogP contribution >= 0.6 is 11.3 Å². The van der Waals surface area contributed by atoms with Crippen molar-refractivity contribution >= 4 is 23.2 Å². The highest BCUT2D eigenvalue weighted by Crippen LogP contribution is 2.31. The monoisotopic (exact) mass is 487 g/mol. The second-order valence-corrected chi connectivity index (χ2v) is 10.2. The third-order valence-electron chi connectivity index (χ3n) is 6.53. The van der Waals surface area contributed by atoms with Crippen LogP contribution in [0, 0.1) is 6.92 Å². The molecule has 1 aromatic heterocycles. The Morgan fingerprint density at radius 3 is 2.74 bits per heavy atom. The van der Waals surface area contributed by atoms with Crippen LogP contribution in [0.2, 0.25) is 0 Å². The summed E-state index contributed by atoms with van der Waals surface area (Å²) in [7, 11) is 0. The molecule has 0 bridgehead atoms. The molecule has 2 aromatic rings. The fourth-order valence-corrected chi connectivity index (χ4v) is 5.24. The van der Waals surface area contributed by atoms with Crippen molar-refractivity contribution in [2.45, 2.75) is 44.8 Å². The molecular weight excluding hydrogens is 454 g/mol. The highest BCUT2D eigenvalue weighted by atomic mass is 32.1. The van der Waals surface area contributed by atoms with Gasteiger partial charge in [-0.3, -0.25) is 14.5 Å². The van der Waals surface area contributed by atoms with E-state index in [9.17, 15) is 9.59 Å². The number of aliphatic carboxylic acids is 1. The zero-order valence-electron chi connectivity index (χ0n) is 19.7. The van der Waals surface area contributed by atoms with Gasteiger partial charge in [0.1, 0.15) is 5.69 Å². The fraction of sp³-hybridized carbons (Fsp3) is 0.560. The Hall–Kier alpha value is -2.33. The van der Waals surface area contributed by atoms with Gasteiger partial charge in [-0.15, -0.1) is 11.3 Å². The number of carboxylic acid groups (broad SMARTS) is 1. The van der Waals surface area contributed by atoms with E-state index in [2.05, 4.69) is 34.1 Å². The average molecular weight is 488 g/mol. The maximum atomic E-state index is 12.9. The van der Waals surface area contributed by atoms with Crippen molar-refractivity contribution in [1.82, 2.24) is 14.8 Å². The Morgan fingerprint density at radius 1 is 1.21 bits per heavy atom. The quantitative estimate of drug-likeness (QED) is 0.544. The molecule has 1 spiro atoms. The molecule has 4 rings (SSSR count). The van der Waals surface area contributed by atoms with Crippen LogP contribution in [0.25, 0.3) is 0 Å². The second-order valence-electron chi connectivity index (χ2n) is 9.11. The van der Waals surface area contributed by atoms with Crippen molar-refractivity contribution in [3.05, 3.63) is 51.5 Å². The topological polar surface area (TPSA) is 92.2 Å². The van der Waals surface area contributed by atoms with Crippen LogP contribution in [0.15, 0.2) is 29.6 Å². The molecule has 1 aromatic carbocycles. The number of benzene rings is 1. The molecule has 184 valence electrons. The van der Waals surface area contributed by atoms with Gasteiger partial charge in [-0.25, -0.2) is 4.98 Å². The number of hydrogen-bond donors (Lipinski definition) is 1. The van der Waals surface area contributed by atoms with Crippen LogP contribution in [0.4, 0.5) is 0 Å². The number of likely N-dealkylation sites (tertiary alicyclic amines) is 1. The first-order valence-corrected chi connectivity index (χ1v) is 12.8. The minimum Gasteiger partial charge on any atom is -0.481 e. The third-order valence-corrected chi connectivity index (χ3v) is 7.31. The minimum absolute atomic E-state index is 0.0122. The van der Waals surface area contributed by atoms with Crippen LogP contribution in [0.5, 0.6) is 0 Å². The summed E-state index contributed by atoms with van der Waals surface area (Å²) in [5, 5.41) is 11.4. The Kier molecular flexibility index (Phi) is 8.31. The number of aryl methyl sites for hydroxylation is 1. The number of piperidine rings is 1. The summed E-state index contributed by atoms with van der Waals surface area (Å²) < 4.78 is 11.7. The number of carbonyl (C=O) groups excluding carboxylic acids is 1. The van der Waals surface area contributed by atoms with E-state index in [1.807, 2.05) is 17.2 Å². The van der Waals surface area contributed by atoms with Crippen molar-refractivity contribution in [1.29, 1.82) is 0 Å². The molecule has 2 aliphatic rings. The standard InChI is InChI=1S/C25H33N3O5S/c1-19-26-22(17-34-19)24(31)28-11-14-33-25(18-28)7-9-27(10-8-25)16-21-4-2-3-20(15-21)5-12-32-13-6-23(29)30/h2-4,15,17H,5-14,16,18H2,1H3,(H,29,30). The molecule has 9 heteroatoms. The van der Waals surface area contributed by atoms with Gasteiger partial charge in [-0.2, -0.15) is 0 Å². The number of morpholine rings is 1. The fourth-order valence-electron chi connectivity index (χ4n) is 4.66. The molecule has 2 saturated heterocycles. The highest BCUT2D eigenvalue weighted by molar-refractivity contribution is 7.09. The molecule has 34 heavy (non-hydrogen) atoms. The van der Waals surface area contributed by atoms with Crippen LogP contribution in [-0.4, -0.2) is 83.4 Å². The molecule has 3 heterocycles. The van der Waals surface area contributed by atoms with Gasteiger partial charge in [-0.05, 0) is 37.3 Å². The number of nitrogens with zero attached hydrogens (tertiary/aromatic N) is 3. The molecule has 1 amide bonds. The first-order chi connectivity index (χ1) is 16.4. The van der Waals surface area contributed by atoms with Crippen molar-refractivity contribution in [3.8, 4) is 0 Å².